The zero-order valence-corrected chi connectivity index (χ0v) is 11.0. The molecule has 0 fully saturated rings. The molecule has 1 aromatic rings. The van der Waals surface area contributed by atoms with Crippen LogP contribution in [0.2, 0.25) is 13.1 Å². The molecule has 0 aliphatic carbocycles. The Morgan fingerprint density at radius 2 is 1.50 bits per heavy atom. The van der Waals surface area contributed by atoms with Crippen molar-refractivity contribution in [3.8, 4) is 0 Å². The second-order valence-corrected chi connectivity index (χ2v) is 6.50. The van der Waals surface area contributed by atoms with Crippen molar-refractivity contribution in [3.05, 3.63) is 30.3 Å². The van der Waals surface area contributed by atoms with Gasteiger partial charge in [-0.05, 0) is 13.1 Å². The lowest BCUT2D eigenvalue weighted by Crippen LogP contribution is -2.21. The predicted molar refractivity (Wildman–Crippen MR) is 69.2 cm³/mol. The van der Waals surface area contributed by atoms with Crippen molar-refractivity contribution < 1.29 is 0 Å². The summed E-state index contributed by atoms with van der Waals surface area (Å²) < 4.78 is 0. The Morgan fingerprint density at radius 1 is 1.00 bits per heavy atom. The van der Waals surface area contributed by atoms with E-state index >= 15 is 0 Å². The minimum atomic E-state index is -0.529. The third kappa shape index (κ3) is 6.86. The van der Waals surface area contributed by atoms with Crippen LogP contribution in [0.25, 0.3) is 0 Å². The van der Waals surface area contributed by atoms with Crippen LogP contribution >= 0.6 is 0 Å². The first kappa shape index (κ1) is 13.4. The number of hydrogen-bond donors (Lipinski definition) is 1. The third-order valence-corrected chi connectivity index (χ3v) is 3.68. The average molecular weight is 209 g/mol. The standard InChI is InChI=1S/C8H12Si.C4H11N/c1-9(2)8-6-4-3-5-7-8;1-3-5-4-2/h3-7,9H,1-2H3;5H,3-4H2,1-2H3. The smallest absolute Gasteiger partial charge is 0.0647 e. The summed E-state index contributed by atoms with van der Waals surface area (Å²) in [5, 5.41) is 4.66. The zero-order valence-electron chi connectivity index (χ0n) is 9.88. The summed E-state index contributed by atoms with van der Waals surface area (Å²) in [6.07, 6.45) is 0. The van der Waals surface area contributed by atoms with Gasteiger partial charge >= 0.3 is 0 Å². The summed E-state index contributed by atoms with van der Waals surface area (Å²) >= 11 is 0. The van der Waals surface area contributed by atoms with Gasteiger partial charge in [0.25, 0.3) is 0 Å². The molecule has 0 heterocycles. The van der Waals surface area contributed by atoms with E-state index < -0.39 is 8.80 Å². The van der Waals surface area contributed by atoms with Crippen molar-refractivity contribution in [2.24, 2.45) is 0 Å². The molecule has 14 heavy (non-hydrogen) atoms. The van der Waals surface area contributed by atoms with Crippen LogP contribution in [0.3, 0.4) is 0 Å². The Labute approximate surface area is 90.2 Å². The lowest BCUT2D eigenvalue weighted by Gasteiger charge is -1.99. The molecule has 0 amide bonds. The highest BCUT2D eigenvalue weighted by Crippen LogP contribution is 1.85. The Kier molecular flexibility index (Phi) is 8.59. The first-order valence-corrected chi connectivity index (χ1v) is 8.36. The molecule has 0 atom stereocenters. The molecule has 80 valence electrons. The molecule has 2 heteroatoms. The molecule has 1 aromatic carbocycles. The van der Waals surface area contributed by atoms with Gasteiger partial charge in [0.2, 0.25) is 0 Å². The van der Waals surface area contributed by atoms with Crippen molar-refractivity contribution in [3.63, 3.8) is 0 Å². The molecule has 0 saturated heterocycles. The van der Waals surface area contributed by atoms with Gasteiger partial charge in [-0.15, -0.1) is 0 Å². The van der Waals surface area contributed by atoms with Crippen LogP contribution in [0.15, 0.2) is 30.3 Å². The summed E-state index contributed by atoms with van der Waals surface area (Å²) in [7, 11) is -0.529. The van der Waals surface area contributed by atoms with Crippen LogP contribution in [0.1, 0.15) is 13.8 Å². The molecule has 1 N–H and O–H groups in total. The van der Waals surface area contributed by atoms with E-state index in [4.69, 9.17) is 0 Å². The van der Waals surface area contributed by atoms with Crippen molar-refractivity contribution in [1.82, 2.24) is 5.32 Å². The van der Waals surface area contributed by atoms with Crippen LogP contribution in [-0.2, 0) is 0 Å². The molecule has 0 spiro atoms. The molecule has 0 aromatic heterocycles. The summed E-state index contributed by atoms with van der Waals surface area (Å²) in [5.41, 5.74) is 0. The molecular weight excluding hydrogens is 186 g/mol. The highest BCUT2D eigenvalue weighted by atomic mass is 28.3. The van der Waals surface area contributed by atoms with Crippen molar-refractivity contribution in [1.29, 1.82) is 0 Å². The SMILES string of the molecule is CCNCC.C[SiH](C)c1ccccc1. The number of rotatable bonds is 3. The summed E-state index contributed by atoms with van der Waals surface area (Å²) in [5.74, 6) is 0. The molecule has 0 aliphatic heterocycles. The summed E-state index contributed by atoms with van der Waals surface area (Å²) in [6, 6.07) is 10.7. The maximum Gasteiger partial charge on any atom is 0.0647 e. The second kappa shape index (κ2) is 8.97. The van der Waals surface area contributed by atoms with Gasteiger partial charge in [-0.2, -0.15) is 0 Å². The molecule has 1 nitrogen and oxygen atoms in total. The molecule has 0 unspecified atom stereocenters. The molecule has 0 bridgehead atoms. The first-order valence-electron chi connectivity index (χ1n) is 5.48. The topological polar surface area (TPSA) is 12.0 Å². The average Bonchev–Trinajstić information content (AvgIpc) is 2.21. The van der Waals surface area contributed by atoms with Crippen LogP contribution in [0, 0.1) is 0 Å². The van der Waals surface area contributed by atoms with Gasteiger partial charge in [0, 0.05) is 0 Å². The third-order valence-electron chi connectivity index (χ3n) is 1.97. The van der Waals surface area contributed by atoms with Crippen LogP contribution in [0.5, 0.6) is 0 Å². The Hall–Kier alpha value is -0.603. The van der Waals surface area contributed by atoms with Crippen LogP contribution in [-0.4, -0.2) is 21.9 Å². The lowest BCUT2D eigenvalue weighted by molar-refractivity contribution is 0.762. The van der Waals surface area contributed by atoms with Gasteiger partial charge in [-0.3, -0.25) is 0 Å². The summed E-state index contributed by atoms with van der Waals surface area (Å²) in [4.78, 5) is 0. The summed E-state index contributed by atoms with van der Waals surface area (Å²) in [6.45, 7) is 11.1. The maximum atomic E-state index is 3.11. The normalized spacial score (nSPS) is 9.50. The molecule has 0 radical (unpaired) electrons. The highest BCUT2D eigenvalue weighted by Gasteiger charge is 1.95. The monoisotopic (exact) mass is 209 g/mol. The van der Waals surface area contributed by atoms with Gasteiger partial charge in [0.15, 0.2) is 0 Å². The minimum absolute atomic E-state index is 0.529. The molecule has 0 aliphatic rings. The Bertz CT molecular complexity index is 207. The van der Waals surface area contributed by atoms with Crippen molar-refractivity contribution in [2.75, 3.05) is 13.1 Å². The van der Waals surface area contributed by atoms with E-state index in [0.29, 0.717) is 0 Å². The number of benzene rings is 1. The van der Waals surface area contributed by atoms with Crippen molar-refractivity contribution in [2.45, 2.75) is 26.9 Å². The Balaban J connectivity index is 0.000000292. The number of nitrogens with one attached hydrogen (secondary N) is 1. The van der Waals surface area contributed by atoms with Crippen molar-refractivity contribution >= 4 is 14.0 Å². The molecule has 0 saturated carbocycles. The van der Waals surface area contributed by atoms with E-state index in [2.05, 4.69) is 62.6 Å². The largest absolute Gasteiger partial charge is 0.317 e. The van der Waals surface area contributed by atoms with Crippen LogP contribution in [0.4, 0.5) is 0 Å². The van der Waals surface area contributed by atoms with Gasteiger partial charge in [-0.25, -0.2) is 0 Å². The minimum Gasteiger partial charge on any atom is -0.317 e. The van der Waals surface area contributed by atoms with E-state index in [9.17, 15) is 0 Å². The Morgan fingerprint density at radius 3 is 1.71 bits per heavy atom. The lowest BCUT2D eigenvalue weighted by atomic mass is 10.4. The maximum absolute atomic E-state index is 3.11. The van der Waals surface area contributed by atoms with Crippen LogP contribution < -0.4 is 10.5 Å². The van der Waals surface area contributed by atoms with E-state index in [0.717, 1.165) is 13.1 Å². The quantitative estimate of drug-likeness (QED) is 0.751. The molecule has 1 rings (SSSR count). The predicted octanol–water partition coefficient (Wildman–Crippen LogP) is 2.00. The van der Waals surface area contributed by atoms with E-state index in [1.807, 2.05) is 0 Å². The van der Waals surface area contributed by atoms with Gasteiger partial charge < -0.3 is 5.32 Å². The van der Waals surface area contributed by atoms with E-state index in [1.54, 1.807) is 5.19 Å². The fourth-order valence-corrected chi connectivity index (χ4v) is 2.08. The zero-order chi connectivity index (χ0) is 10.8. The fourth-order valence-electron chi connectivity index (χ4n) is 1.09. The van der Waals surface area contributed by atoms with E-state index in [-0.39, 0.29) is 0 Å². The molecular formula is C12H23NSi. The van der Waals surface area contributed by atoms with Gasteiger partial charge in [0.1, 0.15) is 0 Å². The fraction of sp³-hybridized carbons (Fsp3) is 0.500. The highest BCUT2D eigenvalue weighted by molar-refractivity contribution is 6.70. The second-order valence-electron chi connectivity index (χ2n) is 3.52. The number of hydrogen-bond acceptors (Lipinski definition) is 1. The van der Waals surface area contributed by atoms with Gasteiger partial charge in [0.05, 0.1) is 8.80 Å². The first-order chi connectivity index (χ1) is 6.72. The van der Waals surface area contributed by atoms with Gasteiger partial charge in [-0.1, -0.05) is 62.5 Å². The van der Waals surface area contributed by atoms with E-state index in [1.165, 1.54) is 0 Å².